The molecule has 2 heterocycles. The van der Waals surface area contributed by atoms with E-state index in [9.17, 15) is 5.11 Å². The van der Waals surface area contributed by atoms with Gasteiger partial charge in [-0.1, -0.05) is 18.9 Å². The molecule has 3 atom stereocenters. The molecule has 1 N–H and O–H groups in total. The monoisotopic (exact) mass is 373 g/mol. The van der Waals surface area contributed by atoms with Crippen LogP contribution < -0.4 is 0 Å². The Balaban J connectivity index is 0.00000168. The molecule has 0 radical (unpaired) electrons. The van der Waals surface area contributed by atoms with Gasteiger partial charge in [0.2, 0.25) is 0 Å². The minimum absolute atomic E-state index is 0. The molecule has 2 aromatic rings. The Morgan fingerprint density at radius 3 is 2.96 bits per heavy atom. The smallest absolute Gasteiger partial charge is 0.115 e. The molecule has 1 aliphatic heterocycles. The standard InChI is InChI=1S/C22H27NO2.ClH/c24-17-7-6-16-14-21-19-5-1-2-9-22(19,20(16)15-17)10-12-23(21)11-8-18-4-3-13-25-18;/h3-4,6-7,13,15,19,21,24H,1-2,5,8-12,14H2;1H. The topological polar surface area (TPSA) is 36.6 Å². The van der Waals surface area contributed by atoms with Crippen molar-refractivity contribution >= 4 is 12.4 Å². The van der Waals surface area contributed by atoms with Gasteiger partial charge in [-0.15, -0.1) is 12.4 Å². The van der Waals surface area contributed by atoms with Gasteiger partial charge in [0.1, 0.15) is 11.5 Å². The zero-order valence-electron chi connectivity index (χ0n) is 15.2. The molecule has 3 nitrogen and oxygen atoms in total. The van der Waals surface area contributed by atoms with Crippen molar-refractivity contribution in [2.24, 2.45) is 5.92 Å². The Kier molecular flexibility index (Phi) is 4.79. The third-order valence-corrected chi connectivity index (χ3v) is 7.16. The summed E-state index contributed by atoms with van der Waals surface area (Å²) in [5.41, 5.74) is 3.26. The number of rotatable bonds is 3. The molecule has 2 bridgehead atoms. The highest BCUT2D eigenvalue weighted by molar-refractivity contribution is 5.85. The van der Waals surface area contributed by atoms with Crippen LogP contribution in [0.3, 0.4) is 0 Å². The maximum Gasteiger partial charge on any atom is 0.115 e. The van der Waals surface area contributed by atoms with Gasteiger partial charge in [0, 0.05) is 24.4 Å². The summed E-state index contributed by atoms with van der Waals surface area (Å²) in [7, 11) is 0. The zero-order valence-corrected chi connectivity index (χ0v) is 16.0. The third kappa shape index (κ3) is 2.76. The summed E-state index contributed by atoms with van der Waals surface area (Å²) < 4.78 is 5.55. The van der Waals surface area contributed by atoms with Crippen LogP contribution in [0.1, 0.15) is 49.0 Å². The summed E-state index contributed by atoms with van der Waals surface area (Å²) in [5.74, 6) is 2.29. The number of phenolic OH excluding ortho intramolecular Hbond substituents is 1. The van der Waals surface area contributed by atoms with E-state index in [0.29, 0.717) is 17.2 Å². The van der Waals surface area contributed by atoms with Gasteiger partial charge in [0.15, 0.2) is 0 Å². The third-order valence-electron chi connectivity index (χ3n) is 7.16. The van der Waals surface area contributed by atoms with Gasteiger partial charge in [-0.3, -0.25) is 4.90 Å². The lowest BCUT2D eigenvalue weighted by Gasteiger charge is -2.59. The van der Waals surface area contributed by atoms with E-state index >= 15 is 0 Å². The molecule has 0 amide bonds. The number of benzene rings is 1. The van der Waals surface area contributed by atoms with Gasteiger partial charge < -0.3 is 9.52 Å². The van der Waals surface area contributed by atoms with Gasteiger partial charge in [-0.05, 0) is 73.5 Å². The van der Waals surface area contributed by atoms with Crippen LogP contribution in [0.15, 0.2) is 41.0 Å². The van der Waals surface area contributed by atoms with E-state index < -0.39 is 0 Å². The number of fused-ring (bicyclic) bond motifs is 1. The highest BCUT2D eigenvalue weighted by Crippen LogP contribution is 2.56. The van der Waals surface area contributed by atoms with Gasteiger partial charge in [-0.25, -0.2) is 0 Å². The molecule has 4 heteroatoms. The highest BCUT2D eigenvalue weighted by atomic mass is 35.5. The molecule has 1 aromatic carbocycles. The van der Waals surface area contributed by atoms with Crippen LogP contribution in [0.4, 0.5) is 0 Å². The SMILES string of the molecule is Cl.Oc1ccc2c(c1)C13CCCCC1C(C2)N(CCc1ccco1)CC3. The Labute approximate surface area is 161 Å². The first-order valence-electron chi connectivity index (χ1n) is 9.85. The van der Waals surface area contributed by atoms with Crippen LogP contribution in [0, 0.1) is 5.92 Å². The Morgan fingerprint density at radius 2 is 2.12 bits per heavy atom. The number of hydrogen-bond acceptors (Lipinski definition) is 3. The lowest BCUT2D eigenvalue weighted by molar-refractivity contribution is -0.0112. The van der Waals surface area contributed by atoms with Crippen molar-refractivity contribution in [1.29, 1.82) is 0 Å². The molecule has 140 valence electrons. The Hall–Kier alpha value is -1.45. The average molecular weight is 374 g/mol. The Morgan fingerprint density at radius 1 is 1.19 bits per heavy atom. The minimum atomic E-state index is 0. The van der Waals surface area contributed by atoms with Crippen LogP contribution in [-0.2, 0) is 18.3 Å². The van der Waals surface area contributed by atoms with Crippen molar-refractivity contribution in [2.45, 2.75) is 56.4 Å². The van der Waals surface area contributed by atoms with E-state index in [0.717, 1.165) is 31.1 Å². The summed E-state index contributed by atoms with van der Waals surface area (Å²) in [5, 5.41) is 10.1. The highest BCUT2D eigenvalue weighted by Gasteiger charge is 2.53. The van der Waals surface area contributed by atoms with Gasteiger partial charge in [0.25, 0.3) is 0 Å². The molecule has 26 heavy (non-hydrogen) atoms. The molecule has 2 fully saturated rings. The molecule has 3 unspecified atom stereocenters. The Bertz CT molecular complexity index is 760. The number of nitrogens with zero attached hydrogens (tertiary/aromatic N) is 1. The van der Waals surface area contributed by atoms with E-state index in [4.69, 9.17) is 4.42 Å². The second-order valence-electron chi connectivity index (χ2n) is 8.24. The van der Waals surface area contributed by atoms with Crippen molar-refractivity contribution in [3.63, 3.8) is 0 Å². The first-order chi connectivity index (χ1) is 12.3. The predicted octanol–water partition coefficient (Wildman–Crippen LogP) is 4.71. The molecule has 1 saturated carbocycles. The quantitative estimate of drug-likeness (QED) is 0.846. The summed E-state index contributed by atoms with van der Waals surface area (Å²) in [6.45, 7) is 2.27. The van der Waals surface area contributed by atoms with Crippen LogP contribution >= 0.6 is 12.4 Å². The largest absolute Gasteiger partial charge is 0.508 e. The molecule has 1 saturated heterocycles. The second-order valence-corrected chi connectivity index (χ2v) is 8.24. The minimum Gasteiger partial charge on any atom is -0.508 e. The van der Waals surface area contributed by atoms with Crippen LogP contribution in [-0.4, -0.2) is 29.1 Å². The summed E-state index contributed by atoms with van der Waals surface area (Å²) >= 11 is 0. The summed E-state index contributed by atoms with van der Waals surface area (Å²) in [6.07, 6.45) is 10.5. The first kappa shape index (κ1) is 17.9. The molecular weight excluding hydrogens is 346 g/mol. The molecule has 3 aliphatic rings. The maximum absolute atomic E-state index is 10.1. The number of aromatic hydroxyl groups is 1. The van der Waals surface area contributed by atoms with E-state index in [2.05, 4.69) is 23.1 Å². The predicted molar refractivity (Wildman–Crippen MR) is 105 cm³/mol. The van der Waals surface area contributed by atoms with E-state index in [1.165, 1.54) is 49.8 Å². The fourth-order valence-electron chi connectivity index (χ4n) is 6.06. The number of phenols is 1. The summed E-state index contributed by atoms with van der Waals surface area (Å²) in [6, 6.07) is 10.9. The molecule has 1 aromatic heterocycles. The molecule has 5 rings (SSSR count). The van der Waals surface area contributed by atoms with Crippen LogP contribution in [0.25, 0.3) is 0 Å². The zero-order chi connectivity index (χ0) is 16.9. The number of halogens is 1. The van der Waals surface area contributed by atoms with Crippen LogP contribution in [0.2, 0.25) is 0 Å². The number of piperidine rings is 1. The van der Waals surface area contributed by atoms with Crippen molar-refractivity contribution in [3.05, 3.63) is 53.5 Å². The van der Waals surface area contributed by atoms with Crippen molar-refractivity contribution in [2.75, 3.05) is 13.1 Å². The fraction of sp³-hybridized carbons (Fsp3) is 0.545. The van der Waals surface area contributed by atoms with Gasteiger partial charge in [0.05, 0.1) is 6.26 Å². The molecule has 0 spiro atoms. The van der Waals surface area contributed by atoms with E-state index in [1.807, 2.05) is 12.1 Å². The normalized spacial score (nSPS) is 30.2. The van der Waals surface area contributed by atoms with Crippen LogP contribution in [0.5, 0.6) is 5.75 Å². The van der Waals surface area contributed by atoms with Gasteiger partial charge >= 0.3 is 0 Å². The van der Waals surface area contributed by atoms with Crippen molar-refractivity contribution < 1.29 is 9.52 Å². The second kappa shape index (κ2) is 6.94. The van der Waals surface area contributed by atoms with E-state index in [1.54, 1.807) is 6.26 Å². The number of hydrogen-bond donors (Lipinski definition) is 1. The first-order valence-corrected chi connectivity index (χ1v) is 9.85. The average Bonchev–Trinajstić information content (AvgIpc) is 3.15. The molecular formula is C22H28ClNO2. The van der Waals surface area contributed by atoms with Crippen molar-refractivity contribution in [1.82, 2.24) is 4.90 Å². The van der Waals surface area contributed by atoms with Crippen molar-refractivity contribution in [3.8, 4) is 5.75 Å². The number of furan rings is 1. The fourth-order valence-corrected chi connectivity index (χ4v) is 6.06. The lowest BCUT2D eigenvalue weighted by atomic mass is 9.52. The van der Waals surface area contributed by atoms with E-state index in [-0.39, 0.29) is 12.4 Å². The molecule has 2 aliphatic carbocycles. The number of likely N-dealkylation sites (tertiary alicyclic amines) is 1. The summed E-state index contributed by atoms with van der Waals surface area (Å²) in [4.78, 5) is 2.73. The van der Waals surface area contributed by atoms with Gasteiger partial charge in [-0.2, -0.15) is 0 Å². The maximum atomic E-state index is 10.1. The lowest BCUT2D eigenvalue weighted by Crippen LogP contribution is -2.61.